The van der Waals surface area contributed by atoms with Crippen molar-refractivity contribution in [2.45, 2.75) is 44.6 Å². The Morgan fingerprint density at radius 2 is 1.93 bits per heavy atom. The Kier molecular flexibility index (Phi) is 2.19. The van der Waals surface area contributed by atoms with Gasteiger partial charge in [-0.15, -0.1) is 0 Å². The number of nitrogens with one attached hydrogen (secondary N) is 1. The summed E-state index contributed by atoms with van der Waals surface area (Å²) in [6.07, 6.45) is 5.61. The van der Waals surface area contributed by atoms with Crippen molar-refractivity contribution in [3.63, 3.8) is 0 Å². The third kappa shape index (κ3) is 1.45. The molecule has 0 aromatic heterocycles. The van der Waals surface area contributed by atoms with Crippen LogP contribution >= 0.6 is 0 Å². The molecule has 0 radical (unpaired) electrons. The first kappa shape index (κ1) is 9.26. The summed E-state index contributed by atoms with van der Waals surface area (Å²) >= 11 is 0. The lowest BCUT2D eigenvalue weighted by molar-refractivity contribution is 0.278. The average molecular weight is 201 g/mol. The van der Waals surface area contributed by atoms with Crippen molar-refractivity contribution in [2.24, 2.45) is 5.92 Å². The molecule has 0 spiro atoms. The number of anilines is 1. The van der Waals surface area contributed by atoms with Crippen molar-refractivity contribution in [2.75, 3.05) is 5.32 Å². The van der Waals surface area contributed by atoms with Gasteiger partial charge in [0.15, 0.2) is 0 Å². The SMILES string of the molecule is C[C@@H]1c2ccccc2N[C@@H]2CCCC[C@@H]12. The van der Waals surface area contributed by atoms with Crippen LogP contribution in [0.15, 0.2) is 24.3 Å². The molecule has 1 heterocycles. The van der Waals surface area contributed by atoms with Crippen LogP contribution in [0.4, 0.5) is 5.69 Å². The third-order valence-corrected chi connectivity index (χ3v) is 4.25. The topological polar surface area (TPSA) is 12.0 Å². The summed E-state index contributed by atoms with van der Waals surface area (Å²) in [6.45, 7) is 2.41. The molecule has 0 unspecified atom stereocenters. The highest BCUT2D eigenvalue weighted by atomic mass is 14.9. The van der Waals surface area contributed by atoms with Gasteiger partial charge in [-0.1, -0.05) is 38.0 Å². The predicted octanol–water partition coefficient (Wildman–Crippen LogP) is 3.77. The minimum Gasteiger partial charge on any atom is -0.382 e. The summed E-state index contributed by atoms with van der Waals surface area (Å²) in [4.78, 5) is 0. The molecular formula is C14H19N. The van der Waals surface area contributed by atoms with Gasteiger partial charge >= 0.3 is 0 Å². The molecule has 1 fully saturated rings. The lowest BCUT2D eigenvalue weighted by Gasteiger charge is -2.42. The maximum Gasteiger partial charge on any atom is 0.0377 e. The van der Waals surface area contributed by atoms with Crippen molar-refractivity contribution in [1.82, 2.24) is 0 Å². The van der Waals surface area contributed by atoms with Crippen molar-refractivity contribution >= 4 is 5.69 Å². The van der Waals surface area contributed by atoms with E-state index in [9.17, 15) is 0 Å². The molecule has 3 atom stereocenters. The zero-order valence-corrected chi connectivity index (χ0v) is 9.37. The highest BCUT2D eigenvalue weighted by Crippen LogP contribution is 2.43. The summed E-state index contributed by atoms with van der Waals surface area (Å²) in [6, 6.07) is 9.57. The monoisotopic (exact) mass is 201 g/mol. The van der Waals surface area contributed by atoms with E-state index in [2.05, 4.69) is 36.5 Å². The molecular weight excluding hydrogens is 182 g/mol. The minimum atomic E-state index is 0.739. The molecule has 1 N–H and O–H groups in total. The van der Waals surface area contributed by atoms with E-state index in [0.29, 0.717) is 0 Å². The molecule has 15 heavy (non-hydrogen) atoms. The van der Waals surface area contributed by atoms with Crippen LogP contribution < -0.4 is 5.32 Å². The van der Waals surface area contributed by atoms with Gasteiger partial charge in [-0.3, -0.25) is 0 Å². The van der Waals surface area contributed by atoms with E-state index in [1.807, 2.05) is 0 Å². The average Bonchev–Trinajstić information content (AvgIpc) is 2.30. The fourth-order valence-corrected chi connectivity index (χ4v) is 3.39. The van der Waals surface area contributed by atoms with Gasteiger partial charge in [0, 0.05) is 11.7 Å². The molecule has 0 bridgehead atoms. The first-order valence-corrected chi connectivity index (χ1v) is 6.22. The highest BCUT2D eigenvalue weighted by molar-refractivity contribution is 5.56. The summed E-state index contributed by atoms with van der Waals surface area (Å²) < 4.78 is 0. The molecule has 1 heteroatoms. The molecule has 0 amide bonds. The van der Waals surface area contributed by atoms with Gasteiger partial charge in [0.25, 0.3) is 0 Å². The summed E-state index contributed by atoms with van der Waals surface area (Å²) in [7, 11) is 0. The van der Waals surface area contributed by atoms with Crippen LogP contribution in [-0.2, 0) is 0 Å². The van der Waals surface area contributed by atoms with Gasteiger partial charge in [-0.2, -0.15) is 0 Å². The number of rotatable bonds is 0. The number of benzene rings is 1. The van der Waals surface area contributed by atoms with E-state index in [0.717, 1.165) is 17.9 Å². The largest absolute Gasteiger partial charge is 0.382 e. The van der Waals surface area contributed by atoms with Gasteiger partial charge in [-0.05, 0) is 36.3 Å². The molecule has 2 aliphatic rings. The second-order valence-corrected chi connectivity index (χ2v) is 5.08. The fourth-order valence-electron chi connectivity index (χ4n) is 3.39. The van der Waals surface area contributed by atoms with Gasteiger partial charge in [-0.25, -0.2) is 0 Å². The zero-order valence-electron chi connectivity index (χ0n) is 9.37. The van der Waals surface area contributed by atoms with Crippen LogP contribution in [0.3, 0.4) is 0 Å². The molecule has 1 aromatic rings. The first-order chi connectivity index (χ1) is 7.36. The second-order valence-electron chi connectivity index (χ2n) is 5.08. The second kappa shape index (κ2) is 3.55. The van der Waals surface area contributed by atoms with Crippen molar-refractivity contribution < 1.29 is 0 Å². The molecule has 1 aliphatic carbocycles. The van der Waals surface area contributed by atoms with Crippen molar-refractivity contribution in [3.05, 3.63) is 29.8 Å². The Bertz CT molecular complexity index is 358. The number of hydrogen-bond donors (Lipinski definition) is 1. The fraction of sp³-hybridized carbons (Fsp3) is 0.571. The number of fused-ring (bicyclic) bond motifs is 2. The van der Waals surface area contributed by atoms with Crippen molar-refractivity contribution in [1.29, 1.82) is 0 Å². The summed E-state index contributed by atoms with van der Waals surface area (Å²) in [5.74, 6) is 1.61. The maximum absolute atomic E-state index is 3.73. The molecule has 1 aliphatic heterocycles. The van der Waals surface area contributed by atoms with Gasteiger partial charge < -0.3 is 5.32 Å². The Morgan fingerprint density at radius 1 is 1.13 bits per heavy atom. The van der Waals surface area contributed by atoms with Crippen molar-refractivity contribution in [3.8, 4) is 0 Å². The van der Waals surface area contributed by atoms with Crippen LogP contribution in [0.25, 0.3) is 0 Å². The molecule has 1 aromatic carbocycles. The summed E-state index contributed by atoms with van der Waals surface area (Å²) in [5, 5.41) is 3.73. The standard InChI is InChI=1S/C14H19N/c1-10-11-6-2-4-8-13(11)15-14-9-5-3-7-12(10)14/h2,4,6,8,10,12,14-15H,3,5,7,9H2,1H3/t10-,12+,14-/m1/s1. The molecule has 80 valence electrons. The molecule has 1 nitrogen and oxygen atoms in total. The van der Waals surface area contributed by atoms with E-state index in [1.54, 1.807) is 0 Å². The lowest BCUT2D eigenvalue weighted by atomic mass is 9.72. The minimum absolute atomic E-state index is 0.739. The lowest BCUT2D eigenvalue weighted by Crippen LogP contribution is -2.39. The van der Waals surface area contributed by atoms with Gasteiger partial charge in [0.05, 0.1) is 0 Å². The Balaban J connectivity index is 1.98. The maximum atomic E-state index is 3.73. The van der Waals surface area contributed by atoms with E-state index in [-0.39, 0.29) is 0 Å². The van der Waals surface area contributed by atoms with E-state index >= 15 is 0 Å². The van der Waals surface area contributed by atoms with E-state index in [4.69, 9.17) is 0 Å². The Labute approximate surface area is 91.9 Å². The zero-order chi connectivity index (χ0) is 10.3. The van der Waals surface area contributed by atoms with E-state index < -0.39 is 0 Å². The van der Waals surface area contributed by atoms with Crippen LogP contribution in [0.1, 0.15) is 44.1 Å². The van der Waals surface area contributed by atoms with Gasteiger partial charge in [0.1, 0.15) is 0 Å². The quantitative estimate of drug-likeness (QED) is 0.673. The highest BCUT2D eigenvalue weighted by Gasteiger charge is 2.34. The Hall–Kier alpha value is -0.980. The third-order valence-electron chi connectivity index (χ3n) is 4.25. The smallest absolute Gasteiger partial charge is 0.0377 e. The summed E-state index contributed by atoms with van der Waals surface area (Å²) in [5.41, 5.74) is 2.91. The normalized spacial score (nSPS) is 33.8. The number of para-hydroxylation sites is 1. The van der Waals surface area contributed by atoms with Crippen LogP contribution in [0.5, 0.6) is 0 Å². The Morgan fingerprint density at radius 3 is 2.87 bits per heavy atom. The molecule has 3 rings (SSSR count). The van der Waals surface area contributed by atoms with E-state index in [1.165, 1.54) is 36.9 Å². The van der Waals surface area contributed by atoms with Crippen LogP contribution in [0.2, 0.25) is 0 Å². The molecule has 1 saturated carbocycles. The van der Waals surface area contributed by atoms with Crippen LogP contribution in [0, 0.1) is 5.92 Å². The predicted molar refractivity (Wildman–Crippen MR) is 64.2 cm³/mol. The van der Waals surface area contributed by atoms with Crippen LogP contribution in [-0.4, -0.2) is 6.04 Å². The number of hydrogen-bond acceptors (Lipinski definition) is 1. The first-order valence-electron chi connectivity index (χ1n) is 6.22. The molecule has 0 saturated heterocycles. The van der Waals surface area contributed by atoms with Gasteiger partial charge in [0.2, 0.25) is 0 Å².